The molecule has 1 saturated carbocycles. The number of hydrogen-bond acceptors (Lipinski definition) is 5. The molecule has 0 spiro atoms. The molecule has 102 valence electrons. The molecule has 0 saturated heterocycles. The minimum absolute atomic E-state index is 0.214. The van der Waals surface area contributed by atoms with Crippen LogP contribution >= 0.6 is 22.7 Å². The average molecular weight is 294 g/mol. The van der Waals surface area contributed by atoms with Crippen LogP contribution in [-0.4, -0.2) is 15.8 Å². The fourth-order valence-corrected chi connectivity index (χ4v) is 3.49. The molecule has 2 heterocycles. The van der Waals surface area contributed by atoms with Gasteiger partial charge >= 0.3 is 0 Å². The predicted molar refractivity (Wildman–Crippen MR) is 81.2 cm³/mol. The lowest BCUT2D eigenvalue weighted by Gasteiger charge is -1.95. The van der Waals surface area contributed by atoms with E-state index >= 15 is 0 Å². The van der Waals surface area contributed by atoms with E-state index < -0.39 is 0 Å². The van der Waals surface area contributed by atoms with E-state index in [-0.39, 0.29) is 5.78 Å². The van der Waals surface area contributed by atoms with Gasteiger partial charge in [0.15, 0.2) is 5.78 Å². The monoisotopic (exact) mass is 294 g/mol. The van der Waals surface area contributed by atoms with Crippen LogP contribution in [0.4, 0.5) is 0 Å². The van der Waals surface area contributed by atoms with Crippen LogP contribution in [0.2, 0.25) is 0 Å². The molecule has 0 atom stereocenters. The molecule has 1 aliphatic rings. The normalized spacial score (nSPS) is 13.8. The van der Waals surface area contributed by atoms with Gasteiger partial charge in [-0.3, -0.25) is 4.79 Å². The number of thiazole rings is 2. The summed E-state index contributed by atoms with van der Waals surface area (Å²) in [6, 6.07) is 0. The van der Waals surface area contributed by atoms with Crippen LogP contribution in [0, 0.1) is 0 Å². The summed E-state index contributed by atoms with van der Waals surface area (Å²) in [5.74, 6) is 0.731. The van der Waals surface area contributed by atoms with Gasteiger partial charge in [-0.05, 0) is 12.8 Å². The highest BCUT2D eigenvalue weighted by molar-refractivity contribution is 7.17. The maximum atomic E-state index is 11.9. The van der Waals surface area contributed by atoms with Gasteiger partial charge in [-0.15, -0.1) is 22.7 Å². The number of carbonyl (C=O) groups excluding carboxylic acids is 1. The van der Waals surface area contributed by atoms with Crippen molar-refractivity contribution in [1.82, 2.24) is 9.97 Å². The molecule has 0 aromatic carbocycles. The highest BCUT2D eigenvalue weighted by atomic mass is 32.1. The Morgan fingerprint density at radius 2 is 2.16 bits per heavy atom. The Bertz CT molecular complexity index is 542. The Morgan fingerprint density at radius 1 is 1.42 bits per heavy atom. The van der Waals surface area contributed by atoms with Gasteiger partial charge in [-0.25, -0.2) is 9.97 Å². The van der Waals surface area contributed by atoms with Crippen LogP contribution in [0.5, 0.6) is 0 Å². The first-order chi connectivity index (χ1) is 9.29. The lowest BCUT2D eigenvalue weighted by atomic mass is 10.2. The molecule has 0 N–H and O–H groups in total. The van der Waals surface area contributed by atoms with Gasteiger partial charge in [0.2, 0.25) is 0 Å². The van der Waals surface area contributed by atoms with Crippen molar-refractivity contribution in [1.29, 1.82) is 0 Å². The predicted octanol–water partition coefficient (Wildman–Crippen LogP) is 4.76. The Balaban J connectivity index is 0.000000637. The Labute approximate surface area is 121 Å². The Hall–Kier alpha value is -1.07. The molecule has 1 fully saturated rings. The van der Waals surface area contributed by atoms with Crippen molar-refractivity contribution in [3.63, 3.8) is 0 Å². The third-order valence-electron chi connectivity index (χ3n) is 2.84. The van der Waals surface area contributed by atoms with Crippen LogP contribution in [0.15, 0.2) is 10.9 Å². The molecule has 0 amide bonds. The summed E-state index contributed by atoms with van der Waals surface area (Å²) >= 11 is 3.06. The third kappa shape index (κ3) is 3.09. The molecule has 2 aromatic rings. The molecule has 1 aliphatic carbocycles. The molecule has 0 aliphatic heterocycles. The Kier molecular flexibility index (Phi) is 4.82. The largest absolute Gasteiger partial charge is 0.293 e. The summed E-state index contributed by atoms with van der Waals surface area (Å²) in [6.45, 7) is 5.90. The van der Waals surface area contributed by atoms with Gasteiger partial charge < -0.3 is 0 Å². The molecular weight excluding hydrogens is 276 g/mol. The average Bonchev–Trinajstić information content (AvgIpc) is 2.98. The van der Waals surface area contributed by atoms with Crippen LogP contribution in [0.3, 0.4) is 0 Å². The van der Waals surface area contributed by atoms with Gasteiger partial charge in [-0.2, -0.15) is 0 Å². The maximum absolute atomic E-state index is 11.9. The van der Waals surface area contributed by atoms with Crippen LogP contribution in [0.25, 0.3) is 10.7 Å². The number of ketones is 1. The molecule has 19 heavy (non-hydrogen) atoms. The van der Waals surface area contributed by atoms with Crippen molar-refractivity contribution in [2.75, 3.05) is 0 Å². The number of aromatic nitrogens is 2. The zero-order valence-electron chi connectivity index (χ0n) is 11.5. The molecule has 0 bridgehead atoms. The highest BCUT2D eigenvalue weighted by Gasteiger charge is 2.31. The van der Waals surface area contributed by atoms with Gasteiger partial charge in [0, 0.05) is 17.7 Å². The lowest BCUT2D eigenvalue weighted by molar-refractivity contribution is 0.0991. The number of rotatable bonds is 4. The summed E-state index contributed by atoms with van der Waals surface area (Å²) in [5, 5.41) is 2.88. The summed E-state index contributed by atoms with van der Waals surface area (Å²) < 4.78 is 0. The minimum Gasteiger partial charge on any atom is -0.293 e. The number of hydrogen-bond donors (Lipinski definition) is 0. The van der Waals surface area contributed by atoms with E-state index in [9.17, 15) is 4.79 Å². The zero-order valence-corrected chi connectivity index (χ0v) is 13.1. The second-order valence-corrected chi connectivity index (χ2v) is 5.88. The van der Waals surface area contributed by atoms with Crippen LogP contribution < -0.4 is 0 Å². The summed E-state index contributed by atoms with van der Waals surface area (Å²) in [4.78, 5) is 21.6. The number of carbonyl (C=O) groups is 1. The van der Waals surface area contributed by atoms with Crippen molar-refractivity contribution in [2.45, 2.75) is 46.0 Å². The summed E-state index contributed by atoms with van der Waals surface area (Å²) in [5.41, 5.74) is 3.72. The zero-order chi connectivity index (χ0) is 13.8. The molecule has 5 heteroatoms. The second kappa shape index (κ2) is 6.39. The first-order valence-corrected chi connectivity index (χ1v) is 8.48. The minimum atomic E-state index is 0.214. The van der Waals surface area contributed by atoms with Gasteiger partial charge in [-0.1, -0.05) is 20.8 Å². The first-order valence-electron chi connectivity index (χ1n) is 6.72. The SMILES string of the molecule is CC.CCC(=O)c1sc(-c2cscn2)nc1C1CC1. The number of Topliss-reactive ketones (excluding diaryl/α,β-unsaturated/α-hetero) is 1. The standard InChI is InChI=1S/C12H12N2OS2.C2H6/c1-2-9(15)11-10(7-3-4-7)14-12(17-11)8-5-16-6-13-8;1-2/h5-7H,2-4H2,1H3;1-2H3. The van der Waals surface area contributed by atoms with E-state index in [1.807, 2.05) is 26.2 Å². The van der Waals surface area contributed by atoms with E-state index in [0.29, 0.717) is 12.3 Å². The topological polar surface area (TPSA) is 42.9 Å². The quantitative estimate of drug-likeness (QED) is 0.763. The van der Waals surface area contributed by atoms with E-state index in [2.05, 4.69) is 9.97 Å². The lowest BCUT2D eigenvalue weighted by Crippen LogP contribution is -1.97. The fourth-order valence-electron chi connectivity index (χ4n) is 1.75. The third-order valence-corrected chi connectivity index (χ3v) is 4.56. The van der Waals surface area contributed by atoms with Crippen molar-refractivity contribution < 1.29 is 4.79 Å². The Morgan fingerprint density at radius 3 is 2.68 bits per heavy atom. The van der Waals surface area contributed by atoms with Crippen LogP contribution in [-0.2, 0) is 0 Å². The van der Waals surface area contributed by atoms with Crippen molar-refractivity contribution in [2.24, 2.45) is 0 Å². The molecule has 0 unspecified atom stereocenters. The molecule has 3 rings (SSSR count). The first kappa shape index (κ1) is 14.3. The van der Waals surface area contributed by atoms with Gasteiger partial charge in [0.05, 0.1) is 16.1 Å². The van der Waals surface area contributed by atoms with Crippen molar-refractivity contribution in [3.8, 4) is 10.7 Å². The highest BCUT2D eigenvalue weighted by Crippen LogP contribution is 2.44. The summed E-state index contributed by atoms with van der Waals surface area (Å²) in [7, 11) is 0. The summed E-state index contributed by atoms with van der Waals surface area (Å²) in [6.07, 6.45) is 2.90. The van der Waals surface area contributed by atoms with E-state index in [0.717, 1.165) is 21.3 Å². The number of nitrogens with zero attached hydrogens (tertiary/aromatic N) is 2. The van der Waals surface area contributed by atoms with Crippen LogP contribution in [0.1, 0.15) is 61.3 Å². The maximum Gasteiger partial charge on any atom is 0.174 e. The van der Waals surface area contributed by atoms with Gasteiger partial charge in [0.25, 0.3) is 0 Å². The van der Waals surface area contributed by atoms with E-state index in [4.69, 9.17) is 0 Å². The molecule has 3 nitrogen and oxygen atoms in total. The molecular formula is C14H18N2OS2. The van der Waals surface area contributed by atoms with Gasteiger partial charge in [0.1, 0.15) is 10.7 Å². The smallest absolute Gasteiger partial charge is 0.174 e. The van der Waals surface area contributed by atoms with E-state index in [1.165, 1.54) is 24.2 Å². The fraction of sp³-hybridized carbons (Fsp3) is 0.500. The van der Waals surface area contributed by atoms with Crippen molar-refractivity contribution in [3.05, 3.63) is 21.5 Å². The van der Waals surface area contributed by atoms with Crippen molar-refractivity contribution >= 4 is 28.5 Å². The van der Waals surface area contributed by atoms with E-state index in [1.54, 1.807) is 16.8 Å². The molecule has 0 radical (unpaired) electrons. The second-order valence-electron chi connectivity index (χ2n) is 4.16. The molecule has 2 aromatic heterocycles.